The number of aryl methyl sites for hydroxylation is 1. The van der Waals surface area contributed by atoms with E-state index in [4.69, 9.17) is 14.2 Å². The maximum absolute atomic E-state index is 11.6. The van der Waals surface area contributed by atoms with E-state index >= 15 is 0 Å². The lowest BCUT2D eigenvalue weighted by atomic mass is 10.1. The lowest BCUT2D eigenvalue weighted by molar-refractivity contribution is 0.0600. The summed E-state index contributed by atoms with van der Waals surface area (Å²) in [7, 11) is 1.38. The smallest absolute Gasteiger partial charge is 0.337 e. The van der Waals surface area contributed by atoms with Crippen molar-refractivity contribution in [1.29, 1.82) is 0 Å². The van der Waals surface area contributed by atoms with Gasteiger partial charge in [0.05, 0.1) is 12.7 Å². The summed E-state index contributed by atoms with van der Waals surface area (Å²) in [6.07, 6.45) is 0. The van der Waals surface area contributed by atoms with Crippen LogP contribution in [-0.4, -0.2) is 19.9 Å². The first-order chi connectivity index (χ1) is 15.5. The van der Waals surface area contributed by atoms with Gasteiger partial charge in [-0.05, 0) is 54.4 Å². The monoisotopic (exact) mass is 430 g/mol. The van der Waals surface area contributed by atoms with Crippen LogP contribution < -0.4 is 20.1 Å². The van der Waals surface area contributed by atoms with E-state index < -0.39 is 0 Å². The third-order valence-electron chi connectivity index (χ3n) is 5.30. The summed E-state index contributed by atoms with van der Waals surface area (Å²) in [6.45, 7) is 7.82. The highest BCUT2D eigenvalue weighted by molar-refractivity contribution is 5.89. The van der Waals surface area contributed by atoms with Crippen LogP contribution in [0.3, 0.4) is 0 Å². The molecule has 0 amide bonds. The normalized spacial score (nSPS) is 11.7. The molecule has 32 heavy (non-hydrogen) atoms. The highest BCUT2D eigenvalue weighted by Gasteiger charge is 2.14. The number of benzene rings is 3. The van der Waals surface area contributed by atoms with Crippen LogP contribution in [0.1, 0.15) is 32.6 Å². The molecule has 0 saturated heterocycles. The van der Waals surface area contributed by atoms with Crippen LogP contribution in [0.15, 0.2) is 67.2 Å². The third kappa shape index (κ3) is 4.86. The Morgan fingerprint density at radius 3 is 2.50 bits per heavy atom. The van der Waals surface area contributed by atoms with Gasteiger partial charge in [-0.25, -0.2) is 4.79 Å². The predicted octanol–water partition coefficient (Wildman–Crippen LogP) is 4.88. The molecule has 3 aromatic rings. The number of rotatable bonds is 8. The predicted molar refractivity (Wildman–Crippen MR) is 125 cm³/mol. The van der Waals surface area contributed by atoms with Crippen LogP contribution in [0.2, 0.25) is 0 Å². The fraction of sp³-hybridized carbons (Fsp3) is 0.192. The van der Waals surface area contributed by atoms with E-state index in [1.165, 1.54) is 7.11 Å². The van der Waals surface area contributed by atoms with Crippen molar-refractivity contribution in [2.24, 2.45) is 0 Å². The van der Waals surface area contributed by atoms with Gasteiger partial charge in [0.25, 0.3) is 0 Å². The fourth-order valence-corrected chi connectivity index (χ4v) is 3.49. The number of methoxy groups -OCH3 is 1. The fourth-order valence-electron chi connectivity index (χ4n) is 3.49. The van der Waals surface area contributed by atoms with E-state index in [1.807, 2.05) is 30.3 Å². The molecule has 0 unspecified atom stereocenters. The molecule has 0 fully saturated rings. The van der Waals surface area contributed by atoms with Gasteiger partial charge in [-0.1, -0.05) is 36.4 Å². The first-order valence-electron chi connectivity index (χ1n) is 10.4. The zero-order chi connectivity index (χ0) is 22.5. The Hall–Kier alpha value is -3.93. The van der Waals surface area contributed by atoms with Crippen molar-refractivity contribution in [2.75, 3.05) is 19.2 Å². The Labute approximate surface area is 187 Å². The van der Waals surface area contributed by atoms with Crippen molar-refractivity contribution < 1.29 is 19.0 Å². The zero-order valence-electron chi connectivity index (χ0n) is 18.2. The molecular formula is C26H26N2O4. The molecule has 0 spiro atoms. The molecule has 2 N–H and O–H groups in total. The maximum Gasteiger partial charge on any atom is 0.337 e. The second-order valence-corrected chi connectivity index (χ2v) is 7.61. The van der Waals surface area contributed by atoms with Gasteiger partial charge in [-0.15, -0.1) is 0 Å². The van der Waals surface area contributed by atoms with Gasteiger partial charge in [0.1, 0.15) is 0 Å². The van der Waals surface area contributed by atoms with E-state index in [0.717, 1.165) is 45.1 Å². The van der Waals surface area contributed by atoms with Crippen molar-refractivity contribution >= 4 is 17.4 Å². The number of carbonyl (C=O) groups is 1. The Bertz CT molecular complexity index is 1140. The number of carbonyl (C=O) groups excluding carboxylic acids is 1. The summed E-state index contributed by atoms with van der Waals surface area (Å²) in [5.41, 5.74) is 6.65. The highest BCUT2D eigenvalue weighted by atomic mass is 16.7. The number of nitrogens with one attached hydrogen (secondary N) is 2. The number of hydrogen-bond donors (Lipinski definition) is 2. The summed E-state index contributed by atoms with van der Waals surface area (Å²) >= 11 is 0. The van der Waals surface area contributed by atoms with Gasteiger partial charge in [0, 0.05) is 30.0 Å². The molecule has 0 aliphatic carbocycles. The number of hydrogen-bond acceptors (Lipinski definition) is 6. The molecule has 6 nitrogen and oxygen atoms in total. The first kappa shape index (κ1) is 21.3. The van der Waals surface area contributed by atoms with Gasteiger partial charge in [0.2, 0.25) is 6.79 Å². The molecule has 0 bridgehead atoms. The summed E-state index contributed by atoms with van der Waals surface area (Å²) < 4.78 is 15.6. The molecule has 0 saturated carbocycles. The van der Waals surface area contributed by atoms with E-state index in [-0.39, 0.29) is 12.8 Å². The molecule has 0 aromatic heterocycles. The van der Waals surface area contributed by atoms with Crippen molar-refractivity contribution in [2.45, 2.75) is 20.0 Å². The number of anilines is 1. The summed E-state index contributed by atoms with van der Waals surface area (Å²) in [5.74, 6) is 1.21. The van der Waals surface area contributed by atoms with Crippen molar-refractivity contribution in [1.82, 2.24) is 5.32 Å². The molecule has 1 aliphatic heterocycles. The van der Waals surface area contributed by atoms with Gasteiger partial charge in [-0.3, -0.25) is 0 Å². The first-order valence-corrected chi connectivity index (χ1v) is 10.4. The molecule has 1 heterocycles. The highest BCUT2D eigenvalue weighted by Crippen LogP contribution is 2.32. The van der Waals surface area contributed by atoms with Crippen LogP contribution in [0.4, 0.5) is 5.69 Å². The zero-order valence-corrected chi connectivity index (χ0v) is 18.2. The third-order valence-corrected chi connectivity index (χ3v) is 5.30. The van der Waals surface area contributed by atoms with E-state index in [1.54, 1.807) is 12.1 Å². The molecule has 3 aromatic carbocycles. The Balaban J connectivity index is 1.42. The largest absolute Gasteiger partial charge is 0.465 e. The van der Waals surface area contributed by atoms with Gasteiger partial charge < -0.3 is 24.8 Å². The Kier molecular flexibility index (Phi) is 6.31. The molecular weight excluding hydrogens is 404 g/mol. The van der Waals surface area contributed by atoms with Crippen LogP contribution >= 0.6 is 0 Å². The number of ether oxygens (including phenoxy) is 3. The molecule has 1 aliphatic rings. The molecule has 0 atom stereocenters. The molecule has 4 rings (SSSR count). The maximum atomic E-state index is 11.6. The van der Waals surface area contributed by atoms with Crippen molar-refractivity contribution in [3.05, 3.63) is 95.1 Å². The average Bonchev–Trinajstić information content (AvgIpc) is 3.29. The SMILES string of the molecule is C=C(NCc1ccc2c(c1)OCO2)c1cc(C)ccc1NCc1ccc(C(=O)OC)cc1. The summed E-state index contributed by atoms with van der Waals surface area (Å²) in [5, 5.41) is 6.90. The van der Waals surface area contributed by atoms with E-state index in [2.05, 4.69) is 42.3 Å². The minimum atomic E-state index is -0.338. The second-order valence-electron chi connectivity index (χ2n) is 7.61. The van der Waals surface area contributed by atoms with E-state index in [0.29, 0.717) is 18.7 Å². The van der Waals surface area contributed by atoms with Gasteiger partial charge in [-0.2, -0.15) is 0 Å². The van der Waals surface area contributed by atoms with Crippen LogP contribution in [-0.2, 0) is 17.8 Å². The summed E-state index contributed by atoms with van der Waals surface area (Å²) in [6, 6.07) is 19.5. The quantitative estimate of drug-likeness (QED) is 0.497. The van der Waals surface area contributed by atoms with Crippen LogP contribution in [0, 0.1) is 6.92 Å². The average molecular weight is 431 g/mol. The van der Waals surface area contributed by atoms with Crippen molar-refractivity contribution in [3.63, 3.8) is 0 Å². The van der Waals surface area contributed by atoms with Gasteiger partial charge >= 0.3 is 5.97 Å². The van der Waals surface area contributed by atoms with Crippen LogP contribution in [0.25, 0.3) is 5.70 Å². The molecule has 164 valence electrons. The standard InChI is InChI=1S/C26H26N2O4/c1-17-4-10-23(28-14-19-5-8-21(9-6-19)26(29)30-3)22(12-17)18(2)27-15-20-7-11-24-25(13-20)32-16-31-24/h4-13,27-28H,2,14-16H2,1,3H3. The minimum Gasteiger partial charge on any atom is -0.465 e. The molecule has 0 radical (unpaired) electrons. The van der Waals surface area contributed by atoms with Crippen molar-refractivity contribution in [3.8, 4) is 11.5 Å². The summed E-state index contributed by atoms with van der Waals surface area (Å²) in [4.78, 5) is 11.6. The minimum absolute atomic E-state index is 0.267. The Morgan fingerprint density at radius 1 is 0.969 bits per heavy atom. The Morgan fingerprint density at radius 2 is 1.72 bits per heavy atom. The number of fused-ring (bicyclic) bond motifs is 1. The van der Waals surface area contributed by atoms with Gasteiger partial charge in [0.15, 0.2) is 11.5 Å². The van der Waals surface area contributed by atoms with Crippen LogP contribution in [0.5, 0.6) is 11.5 Å². The topological polar surface area (TPSA) is 68.8 Å². The lowest BCUT2D eigenvalue weighted by Gasteiger charge is -2.17. The van der Waals surface area contributed by atoms with E-state index in [9.17, 15) is 4.79 Å². The molecule has 6 heteroatoms. The second kappa shape index (κ2) is 9.47. The number of esters is 1. The lowest BCUT2D eigenvalue weighted by Crippen LogP contribution is -2.13.